The van der Waals surface area contributed by atoms with Gasteiger partial charge in [-0.3, -0.25) is 9.59 Å². The number of benzene rings is 2. The Morgan fingerprint density at radius 3 is 2.48 bits per heavy atom. The van der Waals surface area contributed by atoms with Gasteiger partial charge < -0.3 is 19.8 Å². The maximum atomic E-state index is 13.4. The first-order chi connectivity index (χ1) is 14.9. The first kappa shape index (κ1) is 20.2. The van der Waals surface area contributed by atoms with E-state index in [1.165, 1.54) is 25.3 Å². The second-order valence-corrected chi connectivity index (χ2v) is 7.10. The molecule has 2 aromatic heterocycles. The molecule has 0 aliphatic carbocycles. The number of anilines is 2. The number of rotatable bonds is 5. The van der Waals surface area contributed by atoms with Crippen molar-refractivity contribution in [3.63, 3.8) is 0 Å². The number of hydrogen-bond acceptors (Lipinski definition) is 3. The summed E-state index contributed by atoms with van der Waals surface area (Å²) in [5.74, 6) is -0.877. The summed E-state index contributed by atoms with van der Waals surface area (Å²) >= 11 is 0. The molecule has 0 fully saturated rings. The van der Waals surface area contributed by atoms with Crippen LogP contribution in [0.15, 0.2) is 73.1 Å². The number of nitrogens with zero attached hydrogens (tertiary/aromatic N) is 1. The molecule has 4 rings (SSSR count). The van der Waals surface area contributed by atoms with Gasteiger partial charge in [0, 0.05) is 29.2 Å². The second kappa shape index (κ2) is 8.31. The fourth-order valence-corrected chi connectivity index (χ4v) is 3.30. The number of ether oxygens (including phenoxy) is 1. The van der Waals surface area contributed by atoms with Crippen LogP contribution in [-0.4, -0.2) is 23.3 Å². The van der Waals surface area contributed by atoms with Gasteiger partial charge in [-0.1, -0.05) is 6.07 Å². The second-order valence-electron chi connectivity index (χ2n) is 7.10. The zero-order valence-electron chi connectivity index (χ0n) is 17.0. The predicted octanol–water partition coefficient (Wildman–Crippen LogP) is 4.90. The molecule has 0 radical (unpaired) electrons. The van der Waals surface area contributed by atoms with Crippen molar-refractivity contribution in [2.45, 2.75) is 6.92 Å². The Labute approximate surface area is 178 Å². The number of aryl methyl sites for hydroxylation is 1. The van der Waals surface area contributed by atoms with Crippen molar-refractivity contribution in [1.82, 2.24) is 4.40 Å². The third-order valence-electron chi connectivity index (χ3n) is 4.78. The highest BCUT2D eigenvalue weighted by molar-refractivity contribution is 6.07. The van der Waals surface area contributed by atoms with E-state index in [1.807, 2.05) is 29.7 Å². The highest BCUT2D eigenvalue weighted by Gasteiger charge is 2.13. The first-order valence-electron chi connectivity index (χ1n) is 9.57. The Morgan fingerprint density at radius 1 is 0.903 bits per heavy atom. The van der Waals surface area contributed by atoms with Crippen molar-refractivity contribution in [2.75, 3.05) is 17.7 Å². The third-order valence-corrected chi connectivity index (χ3v) is 4.78. The molecule has 7 heteroatoms. The number of carbonyl (C=O) groups excluding carboxylic acids is 2. The van der Waals surface area contributed by atoms with E-state index in [9.17, 15) is 14.0 Å². The summed E-state index contributed by atoms with van der Waals surface area (Å²) in [7, 11) is 1.47. The number of halogens is 1. The normalized spacial score (nSPS) is 10.7. The summed E-state index contributed by atoms with van der Waals surface area (Å²) in [5.41, 5.74) is 3.60. The van der Waals surface area contributed by atoms with Gasteiger partial charge in [0.15, 0.2) is 0 Å². The van der Waals surface area contributed by atoms with E-state index >= 15 is 0 Å². The molecular weight excluding hydrogens is 397 g/mol. The highest BCUT2D eigenvalue weighted by atomic mass is 19.1. The third kappa shape index (κ3) is 4.40. The minimum absolute atomic E-state index is 0.173. The predicted molar refractivity (Wildman–Crippen MR) is 117 cm³/mol. The van der Waals surface area contributed by atoms with Gasteiger partial charge in [0.1, 0.15) is 11.6 Å². The summed E-state index contributed by atoms with van der Waals surface area (Å²) in [6, 6.07) is 15.9. The van der Waals surface area contributed by atoms with Crippen LogP contribution in [-0.2, 0) is 0 Å². The Balaban J connectivity index is 1.55. The molecule has 0 atom stereocenters. The van der Waals surface area contributed by atoms with Gasteiger partial charge >= 0.3 is 0 Å². The average Bonchev–Trinajstić information content (AvgIpc) is 3.13. The summed E-state index contributed by atoms with van der Waals surface area (Å²) in [6.45, 7) is 1.99. The van der Waals surface area contributed by atoms with Crippen LogP contribution in [0, 0.1) is 12.7 Å². The van der Waals surface area contributed by atoms with Gasteiger partial charge in [0.05, 0.1) is 18.4 Å². The van der Waals surface area contributed by atoms with E-state index in [4.69, 9.17) is 4.74 Å². The summed E-state index contributed by atoms with van der Waals surface area (Å²) in [4.78, 5) is 25.2. The van der Waals surface area contributed by atoms with E-state index in [2.05, 4.69) is 10.6 Å². The molecule has 6 nitrogen and oxygen atoms in total. The van der Waals surface area contributed by atoms with E-state index < -0.39 is 11.7 Å². The van der Waals surface area contributed by atoms with Crippen molar-refractivity contribution in [2.24, 2.45) is 0 Å². The van der Waals surface area contributed by atoms with Crippen LogP contribution >= 0.6 is 0 Å². The molecule has 31 heavy (non-hydrogen) atoms. The van der Waals surface area contributed by atoms with Gasteiger partial charge in [-0.25, -0.2) is 4.39 Å². The summed E-state index contributed by atoms with van der Waals surface area (Å²) in [5, 5.41) is 5.52. The van der Waals surface area contributed by atoms with Gasteiger partial charge in [-0.15, -0.1) is 0 Å². The van der Waals surface area contributed by atoms with Crippen LogP contribution < -0.4 is 15.4 Å². The van der Waals surface area contributed by atoms with Gasteiger partial charge in [-0.05, 0) is 67.1 Å². The standard InChI is InChI=1S/C24H20FN3O3/c1-15-10-20-8-6-17(14-28(20)13-15)24(30)26-19-7-9-22(31-2)21(12-19)27-23(29)16-4-3-5-18(25)11-16/h3-14H,1-2H3,(H,26,30)(H,27,29). The van der Waals surface area contributed by atoms with Gasteiger partial charge in [0.25, 0.3) is 11.8 Å². The lowest BCUT2D eigenvalue weighted by Crippen LogP contribution is -2.15. The SMILES string of the molecule is COc1ccc(NC(=O)c2ccc3cc(C)cn3c2)cc1NC(=O)c1cccc(F)c1. The number of hydrogen-bond donors (Lipinski definition) is 2. The molecule has 0 bridgehead atoms. The highest BCUT2D eigenvalue weighted by Crippen LogP contribution is 2.28. The number of amides is 2. The zero-order valence-corrected chi connectivity index (χ0v) is 17.0. The quantitative estimate of drug-likeness (QED) is 0.485. The van der Waals surface area contributed by atoms with E-state index in [1.54, 1.807) is 30.5 Å². The number of carbonyl (C=O) groups is 2. The lowest BCUT2D eigenvalue weighted by atomic mass is 10.2. The molecule has 0 unspecified atom stereocenters. The zero-order chi connectivity index (χ0) is 22.0. The fraction of sp³-hybridized carbons (Fsp3) is 0.0833. The Hall–Kier alpha value is -4.13. The maximum absolute atomic E-state index is 13.4. The molecule has 2 amide bonds. The molecule has 0 aliphatic heterocycles. The van der Waals surface area contributed by atoms with Gasteiger partial charge in [-0.2, -0.15) is 0 Å². The molecule has 2 aromatic carbocycles. The molecular formula is C24H20FN3O3. The molecule has 2 N–H and O–H groups in total. The average molecular weight is 417 g/mol. The lowest BCUT2D eigenvalue weighted by molar-refractivity contribution is 0.101. The Morgan fingerprint density at radius 2 is 1.71 bits per heavy atom. The van der Waals surface area contributed by atoms with Gasteiger partial charge in [0.2, 0.25) is 0 Å². The largest absolute Gasteiger partial charge is 0.495 e. The number of methoxy groups -OCH3 is 1. The summed E-state index contributed by atoms with van der Waals surface area (Å²) in [6.07, 6.45) is 3.70. The van der Waals surface area contributed by atoms with Crippen molar-refractivity contribution >= 4 is 28.7 Å². The summed E-state index contributed by atoms with van der Waals surface area (Å²) < 4.78 is 20.6. The Kier molecular flexibility index (Phi) is 5.41. The van der Waals surface area contributed by atoms with Crippen molar-refractivity contribution in [3.05, 3.63) is 95.6 Å². The molecule has 0 spiro atoms. The Bertz CT molecular complexity index is 1300. The van der Waals surface area contributed by atoms with Crippen LogP contribution in [0.2, 0.25) is 0 Å². The topological polar surface area (TPSA) is 71.8 Å². The van der Waals surface area contributed by atoms with Crippen molar-refractivity contribution in [1.29, 1.82) is 0 Å². The minimum atomic E-state index is -0.504. The fourth-order valence-electron chi connectivity index (χ4n) is 3.30. The molecule has 0 aliphatic rings. The number of pyridine rings is 1. The molecule has 0 saturated heterocycles. The molecule has 0 saturated carbocycles. The van der Waals surface area contributed by atoms with Crippen LogP contribution in [0.25, 0.3) is 5.52 Å². The minimum Gasteiger partial charge on any atom is -0.495 e. The number of fused-ring (bicyclic) bond motifs is 1. The molecule has 2 heterocycles. The molecule has 156 valence electrons. The van der Waals surface area contributed by atoms with Crippen LogP contribution in [0.4, 0.5) is 15.8 Å². The van der Waals surface area contributed by atoms with Crippen molar-refractivity contribution < 1.29 is 18.7 Å². The number of aromatic nitrogens is 1. The monoisotopic (exact) mass is 417 g/mol. The smallest absolute Gasteiger partial charge is 0.257 e. The van der Waals surface area contributed by atoms with Crippen LogP contribution in [0.1, 0.15) is 26.3 Å². The van der Waals surface area contributed by atoms with E-state index in [-0.39, 0.29) is 11.5 Å². The van der Waals surface area contributed by atoms with Crippen molar-refractivity contribution in [3.8, 4) is 5.75 Å². The maximum Gasteiger partial charge on any atom is 0.257 e. The van der Waals surface area contributed by atoms with E-state index in [0.29, 0.717) is 22.7 Å². The van der Waals surface area contributed by atoms with Crippen LogP contribution in [0.3, 0.4) is 0 Å². The lowest BCUT2D eigenvalue weighted by Gasteiger charge is -2.13. The molecule has 4 aromatic rings. The first-order valence-corrected chi connectivity index (χ1v) is 9.57. The van der Waals surface area contributed by atoms with E-state index in [0.717, 1.165) is 17.1 Å². The van der Waals surface area contributed by atoms with Crippen LogP contribution in [0.5, 0.6) is 5.75 Å². The number of nitrogens with one attached hydrogen (secondary N) is 2.